The van der Waals surface area contributed by atoms with Gasteiger partial charge in [-0.05, 0) is 66.6 Å². The van der Waals surface area contributed by atoms with Crippen LogP contribution in [0.25, 0.3) is 0 Å². The van der Waals surface area contributed by atoms with Crippen molar-refractivity contribution in [3.05, 3.63) is 64.5 Å². The number of aryl methyl sites for hydroxylation is 2. The predicted molar refractivity (Wildman–Crippen MR) is 87.2 cm³/mol. The number of fused-ring (bicyclic) bond motifs is 1. The van der Waals surface area contributed by atoms with Crippen molar-refractivity contribution in [2.24, 2.45) is 0 Å². The SMILES string of the molecule is COc1ccc(CNC(=O)c2ccc3c(c2)CCCC3)cc1F. The van der Waals surface area contributed by atoms with E-state index in [9.17, 15) is 9.18 Å². The molecule has 2 aromatic carbocycles. The standard InChI is InChI=1S/C19H20FNO2/c1-23-18-9-6-13(10-17(18)20)12-21-19(22)16-8-7-14-4-2-3-5-15(14)11-16/h6-11H,2-5,12H2,1H3,(H,21,22). The zero-order valence-electron chi connectivity index (χ0n) is 13.2. The Morgan fingerprint density at radius 2 is 1.91 bits per heavy atom. The highest BCUT2D eigenvalue weighted by Crippen LogP contribution is 2.22. The van der Waals surface area contributed by atoms with Crippen LogP contribution >= 0.6 is 0 Å². The van der Waals surface area contributed by atoms with Crippen LogP contribution in [0.4, 0.5) is 4.39 Å². The molecule has 0 bridgehead atoms. The molecule has 4 heteroatoms. The van der Waals surface area contributed by atoms with Gasteiger partial charge in [0.15, 0.2) is 11.6 Å². The van der Waals surface area contributed by atoms with Crippen molar-refractivity contribution < 1.29 is 13.9 Å². The van der Waals surface area contributed by atoms with Gasteiger partial charge < -0.3 is 10.1 Å². The molecule has 3 rings (SSSR count). The Labute approximate surface area is 135 Å². The second kappa shape index (κ2) is 6.82. The van der Waals surface area contributed by atoms with Gasteiger partial charge in [-0.2, -0.15) is 0 Å². The third-order valence-corrected chi connectivity index (χ3v) is 4.28. The molecule has 0 fully saturated rings. The summed E-state index contributed by atoms with van der Waals surface area (Å²) in [5.74, 6) is -0.350. The lowest BCUT2D eigenvalue weighted by atomic mass is 9.90. The van der Waals surface area contributed by atoms with E-state index in [0.717, 1.165) is 12.8 Å². The number of benzene rings is 2. The van der Waals surface area contributed by atoms with E-state index in [-0.39, 0.29) is 18.2 Å². The van der Waals surface area contributed by atoms with Crippen LogP contribution in [0, 0.1) is 5.82 Å². The molecule has 0 unspecified atom stereocenters. The van der Waals surface area contributed by atoms with Crippen LogP contribution < -0.4 is 10.1 Å². The molecule has 0 spiro atoms. The average Bonchev–Trinajstić information content (AvgIpc) is 2.59. The molecular formula is C19H20FNO2. The Hall–Kier alpha value is -2.36. The van der Waals surface area contributed by atoms with Crippen LogP contribution in [0.15, 0.2) is 36.4 Å². The number of ether oxygens (including phenoxy) is 1. The van der Waals surface area contributed by atoms with Crippen molar-refractivity contribution in [2.45, 2.75) is 32.2 Å². The van der Waals surface area contributed by atoms with Crippen LogP contribution in [-0.2, 0) is 19.4 Å². The molecule has 1 N–H and O–H groups in total. The van der Waals surface area contributed by atoms with Gasteiger partial charge in [0.05, 0.1) is 7.11 Å². The summed E-state index contributed by atoms with van der Waals surface area (Å²) in [5, 5.41) is 2.84. The van der Waals surface area contributed by atoms with Crippen molar-refractivity contribution in [1.82, 2.24) is 5.32 Å². The first-order valence-electron chi connectivity index (χ1n) is 7.90. The molecular weight excluding hydrogens is 293 g/mol. The molecule has 0 aromatic heterocycles. The summed E-state index contributed by atoms with van der Waals surface area (Å²) in [6, 6.07) is 10.6. The monoisotopic (exact) mass is 313 g/mol. The predicted octanol–water partition coefficient (Wildman–Crippen LogP) is 3.64. The maximum atomic E-state index is 13.6. The Bertz CT molecular complexity index is 727. The number of rotatable bonds is 4. The van der Waals surface area contributed by atoms with E-state index in [4.69, 9.17) is 4.74 Å². The Morgan fingerprint density at radius 3 is 2.65 bits per heavy atom. The summed E-state index contributed by atoms with van der Waals surface area (Å²) >= 11 is 0. The van der Waals surface area contributed by atoms with E-state index in [0.29, 0.717) is 11.1 Å². The van der Waals surface area contributed by atoms with Gasteiger partial charge in [-0.15, -0.1) is 0 Å². The van der Waals surface area contributed by atoms with E-state index in [1.165, 1.54) is 37.1 Å². The number of hydrogen-bond acceptors (Lipinski definition) is 2. The quantitative estimate of drug-likeness (QED) is 0.936. The molecule has 0 heterocycles. The topological polar surface area (TPSA) is 38.3 Å². The molecule has 0 saturated heterocycles. The zero-order chi connectivity index (χ0) is 16.2. The smallest absolute Gasteiger partial charge is 0.251 e. The van der Waals surface area contributed by atoms with Gasteiger partial charge in [-0.25, -0.2) is 4.39 Å². The highest BCUT2D eigenvalue weighted by molar-refractivity contribution is 5.94. The first-order chi connectivity index (χ1) is 11.2. The van der Waals surface area contributed by atoms with Gasteiger partial charge in [0.25, 0.3) is 5.91 Å². The van der Waals surface area contributed by atoms with Gasteiger partial charge >= 0.3 is 0 Å². The molecule has 120 valence electrons. The third kappa shape index (κ3) is 3.52. The summed E-state index contributed by atoms with van der Waals surface area (Å²) in [5.41, 5.74) is 4.00. The molecule has 1 aliphatic rings. The molecule has 1 amide bonds. The van der Waals surface area contributed by atoms with E-state index in [1.807, 2.05) is 12.1 Å². The number of carbonyl (C=O) groups excluding carboxylic acids is 1. The Kier molecular flexibility index (Phi) is 4.60. The van der Waals surface area contributed by atoms with Crippen LogP contribution in [0.5, 0.6) is 5.75 Å². The first kappa shape index (κ1) is 15.5. The highest BCUT2D eigenvalue weighted by atomic mass is 19.1. The van der Waals surface area contributed by atoms with Crippen molar-refractivity contribution >= 4 is 5.91 Å². The van der Waals surface area contributed by atoms with Gasteiger partial charge in [0.1, 0.15) is 0 Å². The van der Waals surface area contributed by atoms with Crippen LogP contribution in [0.3, 0.4) is 0 Å². The molecule has 0 atom stereocenters. The second-order valence-corrected chi connectivity index (χ2v) is 5.84. The highest BCUT2D eigenvalue weighted by Gasteiger charge is 2.13. The summed E-state index contributed by atoms with van der Waals surface area (Å²) in [6.45, 7) is 0.289. The summed E-state index contributed by atoms with van der Waals surface area (Å²) < 4.78 is 18.5. The molecule has 23 heavy (non-hydrogen) atoms. The minimum absolute atomic E-state index is 0.130. The lowest BCUT2D eigenvalue weighted by molar-refractivity contribution is 0.0950. The van der Waals surface area contributed by atoms with E-state index in [2.05, 4.69) is 11.4 Å². The number of nitrogens with one attached hydrogen (secondary N) is 1. The maximum Gasteiger partial charge on any atom is 0.251 e. The number of hydrogen-bond donors (Lipinski definition) is 1. The normalized spacial score (nSPS) is 13.3. The lowest BCUT2D eigenvalue weighted by Crippen LogP contribution is -2.23. The lowest BCUT2D eigenvalue weighted by Gasteiger charge is -2.16. The van der Waals surface area contributed by atoms with Crippen molar-refractivity contribution in [3.8, 4) is 5.75 Å². The summed E-state index contributed by atoms with van der Waals surface area (Å²) in [7, 11) is 1.43. The Morgan fingerprint density at radius 1 is 1.13 bits per heavy atom. The van der Waals surface area contributed by atoms with Gasteiger partial charge in [-0.3, -0.25) is 4.79 Å². The Balaban J connectivity index is 1.66. The largest absolute Gasteiger partial charge is 0.494 e. The van der Waals surface area contributed by atoms with E-state index in [1.54, 1.807) is 12.1 Å². The zero-order valence-corrected chi connectivity index (χ0v) is 13.2. The van der Waals surface area contributed by atoms with Gasteiger partial charge in [0, 0.05) is 12.1 Å². The minimum Gasteiger partial charge on any atom is -0.494 e. The number of halogens is 1. The van der Waals surface area contributed by atoms with Crippen molar-refractivity contribution in [1.29, 1.82) is 0 Å². The summed E-state index contributed by atoms with van der Waals surface area (Å²) in [6.07, 6.45) is 4.55. The summed E-state index contributed by atoms with van der Waals surface area (Å²) in [4.78, 5) is 12.3. The maximum absolute atomic E-state index is 13.6. The van der Waals surface area contributed by atoms with Crippen LogP contribution in [-0.4, -0.2) is 13.0 Å². The molecule has 0 radical (unpaired) electrons. The second-order valence-electron chi connectivity index (χ2n) is 5.84. The molecule has 0 saturated carbocycles. The third-order valence-electron chi connectivity index (χ3n) is 4.28. The fourth-order valence-electron chi connectivity index (χ4n) is 2.98. The number of carbonyl (C=O) groups is 1. The molecule has 0 aliphatic heterocycles. The number of amides is 1. The fraction of sp³-hybridized carbons (Fsp3) is 0.316. The van der Waals surface area contributed by atoms with Gasteiger partial charge in [-0.1, -0.05) is 12.1 Å². The van der Waals surface area contributed by atoms with Crippen LogP contribution in [0.2, 0.25) is 0 Å². The fourth-order valence-corrected chi connectivity index (χ4v) is 2.98. The first-order valence-corrected chi connectivity index (χ1v) is 7.90. The molecule has 1 aliphatic carbocycles. The van der Waals surface area contributed by atoms with Crippen molar-refractivity contribution in [3.63, 3.8) is 0 Å². The minimum atomic E-state index is -0.423. The van der Waals surface area contributed by atoms with E-state index < -0.39 is 5.82 Å². The van der Waals surface area contributed by atoms with Crippen molar-refractivity contribution in [2.75, 3.05) is 7.11 Å². The molecule has 3 nitrogen and oxygen atoms in total. The number of methoxy groups -OCH3 is 1. The molecule has 2 aromatic rings. The van der Waals surface area contributed by atoms with E-state index >= 15 is 0 Å². The average molecular weight is 313 g/mol. The van der Waals surface area contributed by atoms with Crippen LogP contribution in [0.1, 0.15) is 39.9 Å². The van der Waals surface area contributed by atoms with Gasteiger partial charge in [0.2, 0.25) is 0 Å².